The van der Waals surface area contributed by atoms with Gasteiger partial charge in [0, 0.05) is 36.7 Å². The van der Waals surface area contributed by atoms with Crippen LogP contribution >= 0.6 is 0 Å². The van der Waals surface area contributed by atoms with Gasteiger partial charge in [0.1, 0.15) is 0 Å². The fourth-order valence-corrected chi connectivity index (χ4v) is 4.95. The zero-order chi connectivity index (χ0) is 27.2. The first-order chi connectivity index (χ1) is 19.0. The third-order valence-electron chi connectivity index (χ3n) is 7.28. The minimum Gasteiger partial charge on any atom is -0.366 e. The first-order valence-corrected chi connectivity index (χ1v) is 13.4. The monoisotopic (exact) mass is 518 g/mol. The van der Waals surface area contributed by atoms with E-state index in [2.05, 4.69) is 57.2 Å². The molecule has 5 rings (SSSR count). The summed E-state index contributed by atoms with van der Waals surface area (Å²) < 4.78 is 0. The Bertz CT molecular complexity index is 1480. The molecule has 1 aliphatic heterocycles. The van der Waals surface area contributed by atoms with Crippen LogP contribution in [0.25, 0.3) is 0 Å². The van der Waals surface area contributed by atoms with Gasteiger partial charge < -0.3 is 20.9 Å². The van der Waals surface area contributed by atoms with Gasteiger partial charge in [0.25, 0.3) is 5.91 Å². The van der Waals surface area contributed by atoms with Crippen molar-refractivity contribution in [2.75, 3.05) is 28.6 Å². The second kappa shape index (κ2) is 11.9. The molecule has 0 atom stereocenters. The van der Waals surface area contributed by atoms with Crippen molar-refractivity contribution in [2.45, 2.75) is 33.2 Å². The Balaban J connectivity index is 1.35. The van der Waals surface area contributed by atoms with Gasteiger partial charge in [-0.25, -0.2) is 4.79 Å². The number of anilines is 3. The van der Waals surface area contributed by atoms with Crippen molar-refractivity contribution in [3.63, 3.8) is 0 Å². The lowest BCUT2D eigenvalue weighted by Crippen LogP contribution is -2.33. The van der Waals surface area contributed by atoms with Gasteiger partial charge in [0.15, 0.2) is 0 Å². The van der Waals surface area contributed by atoms with Crippen molar-refractivity contribution in [2.24, 2.45) is 0 Å². The van der Waals surface area contributed by atoms with Crippen LogP contribution in [-0.4, -0.2) is 25.0 Å². The quantitative estimate of drug-likeness (QED) is 0.262. The highest BCUT2D eigenvalue weighted by molar-refractivity contribution is 6.04. The van der Waals surface area contributed by atoms with E-state index in [-0.39, 0.29) is 11.9 Å². The molecule has 0 unspecified atom stereocenters. The molecule has 0 fully saturated rings. The lowest BCUT2D eigenvalue weighted by atomic mass is 9.98. The number of amides is 3. The summed E-state index contributed by atoms with van der Waals surface area (Å²) in [5, 5.41) is 8.87. The van der Waals surface area contributed by atoms with Crippen LogP contribution in [0.5, 0.6) is 0 Å². The van der Waals surface area contributed by atoms with Crippen LogP contribution in [0.2, 0.25) is 0 Å². The zero-order valence-electron chi connectivity index (χ0n) is 22.5. The number of benzene rings is 4. The summed E-state index contributed by atoms with van der Waals surface area (Å²) in [6.07, 6.45) is 1.67. The number of nitrogens with one attached hydrogen (secondary N) is 3. The van der Waals surface area contributed by atoms with Crippen LogP contribution in [0, 0.1) is 13.8 Å². The van der Waals surface area contributed by atoms with E-state index in [1.165, 1.54) is 22.3 Å². The fourth-order valence-electron chi connectivity index (χ4n) is 4.95. The van der Waals surface area contributed by atoms with Crippen LogP contribution < -0.4 is 20.9 Å². The van der Waals surface area contributed by atoms with Crippen molar-refractivity contribution in [1.29, 1.82) is 0 Å². The highest BCUT2D eigenvalue weighted by Gasteiger charge is 2.22. The summed E-state index contributed by atoms with van der Waals surface area (Å²) in [6.45, 7) is 6.13. The molecule has 6 nitrogen and oxygen atoms in total. The standard InChI is InChI=1S/C33H34N4O2/c1-23-12-13-28(20-24(23)2)35-33(39)36-29-14-15-31(37-19-17-26-10-6-7-11-27(26)22-37)30(21-29)32(38)34-18-16-25-8-4-3-5-9-25/h3-15,20-21H,16-19,22H2,1-2H3,(H,34,38)(H2,35,36,39). The third kappa shape index (κ3) is 6.47. The van der Waals surface area contributed by atoms with Gasteiger partial charge in [-0.15, -0.1) is 0 Å². The minimum atomic E-state index is -0.353. The first kappa shape index (κ1) is 26.0. The van der Waals surface area contributed by atoms with Crippen molar-refractivity contribution in [3.8, 4) is 0 Å². The number of urea groups is 1. The third-order valence-corrected chi connectivity index (χ3v) is 7.28. The number of nitrogens with zero attached hydrogens (tertiary/aromatic N) is 1. The molecule has 0 bridgehead atoms. The van der Waals surface area contributed by atoms with E-state index in [9.17, 15) is 9.59 Å². The van der Waals surface area contributed by atoms with Crippen LogP contribution in [0.15, 0.2) is 91.0 Å². The van der Waals surface area contributed by atoms with E-state index in [0.29, 0.717) is 17.8 Å². The lowest BCUT2D eigenvalue weighted by molar-refractivity contribution is 0.0954. The van der Waals surface area contributed by atoms with Crippen LogP contribution in [0.1, 0.15) is 38.2 Å². The Morgan fingerprint density at radius 1 is 0.769 bits per heavy atom. The van der Waals surface area contributed by atoms with Gasteiger partial charge in [-0.05, 0) is 84.8 Å². The van der Waals surface area contributed by atoms with E-state index < -0.39 is 0 Å². The topological polar surface area (TPSA) is 73.5 Å². The number of aryl methyl sites for hydroxylation is 2. The second-order valence-corrected chi connectivity index (χ2v) is 10.0. The molecule has 0 saturated heterocycles. The molecule has 3 amide bonds. The molecule has 0 aromatic heterocycles. The molecule has 39 heavy (non-hydrogen) atoms. The fraction of sp³-hybridized carbons (Fsp3) is 0.212. The molecular formula is C33H34N4O2. The summed E-state index contributed by atoms with van der Waals surface area (Å²) in [7, 11) is 0. The Morgan fingerprint density at radius 3 is 2.23 bits per heavy atom. The predicted octanol–water partition coefficient (Wildman–Crippen LogP) is 6.48. The van der Waals surface area contributed by atoms with Crippen molar-refractivity contribution in [3.05, 3.63) is 124 Å². The van der Waals surface area contributed by atoms with Crippen molar-refractivity contribution in [1.82, 2.24) is 5.32 Å². The zero-order valence-corrected chi connectivity index (χ0v) is 22.5. The van der Waals surface area contributed by atoms with Gasteiger partial charge in [-0.2, -0.15) is 0 Å². The summed E-state index contributed by atoms with van der Waals surface area (Å²) >= 11 is 0. The molecule has 3 N–H and O–H groups in total. The highest BCUT2D eigenvalue weighted by Crippen LogP contribution is 2.30. The normalized spacial score (nSPS) is 12.4. The molecule has 1 heterocycles. The maximum Gasteiger partial charge on any atom is 0.323 e. The summed E-state index contributed by atoms with van der Waals surface area (Å²) in [6, 6.07) is 29.6. The average Bonchev–Trinajstić information content (AvgIpc) is 2.95. The summed E-state index contributed by atoms with van der Waals surface area (Å²) in [4.78, 5) is 28.5. The highest BCUT2D eigenvalue weighted by atomic mass is 16.2. The van der Waals surface area contributed by atoms with E-state index in [0.717, 1.165) is 42.9 Å². The van der Waals surface area contributed by atoms with E-state index in [1.54, 1.807) is 6.07 Å². The minimum absolute atomic E-state index is 0.155. The molecule has 0 radical (unpaired) electrons. The number of fused-ring (bicyclic) bond motifs is 1. The van der Waals surface area contributed by atoms with Gasteiger partial charge >= 0.3 is 6.03 Å². The molecule has 1 aliphatic rings. The molecule has 0 saturated carbocycles. The first-order valence-electron chi connectivity index (χ1n) is 13.4. The Morgan fingerprint density at radius 2 is 1.46 bits per heavy atom. The Hall–Kier alpha value is -4.58. The Labute approximate surface area is 230 Å². The van der Waals surface area contributed by atoms with Gasteiger partial charge in [0.2, 0.25) is 0 Å². The SMILES string of the molecule is Cc1ccc(NC(=O)Nc2ccc(N3CCc4ccccc4C3)c(C(=O)NCCc3ccccc3)c2)cc1C. The van der Waals surface area contributed by atoms with E-state index in [1.807, 2.05) is 62.4 Å². The lowest BCUT2D eigenvalue weighted by Gasteiger charge is -2.32. The molecule has 4 aromatic carbocycles. The smallest absolute Gasteiger partial charge is 0.323 e. The number of rotatable bonds is 7. The van der Waals surface area contributed by atoms with Crippen LogP contribution in [0.4, 0.5) is 21.9 Å². The van der Waals surface area contributed by atoms with E-state index in [4.69, 9.17) is 0 Å². The maximum atomic E-state index is 13.5. The predicted molar refractivity (Wildman–Crippen MR) is 159 cm³/mol. The number of carbonyl (C=O) groups excluding carboxylic acids is 2. The molecule has 198 valence electrons. The summed E-state index contributed by atoms with van der Waals surface area (Å²) in [5.74, 6) is -0.155. The van der Waals surface area contributed by atoms with Crippen LogP contribution in [-0.2, 0) is 19.4 Å². The van der Waals surface area contributed by atoms with Crippen molar-refractivity contribution < 1.29 is 9.59 Å². The maximum absolute atomic E-state index is 13.5. The summed E-state index contributed by atoms with van der Waals surface area (Å²) in [5.41, 5.74) is 8.76. The van der Waals surface area contributed by atoms with Crippen LogP contribution in [0.3, 0.4) is 0 Å². The Kier molecular flexibility index (Phi) is 7.92. The molecular weight excluding hydrogens is 484 g/mol. The van der Waals surface area contributed by atoms with Gasteiger partial charge in [0.05, 0.1) is 5.56 Å². The van der Waals surface area contributed by atoms with Crippen molar-refractivity contribution >= 4 is 29.0 Å². The van der Waals surface area contributed by atoms with Gasteiger partial charge in [-0.1, -0.05) is 60.7 Å². The number of hydrogen-bond donors (Lipinski definition) is 3. The molecule has 0 aliphatic carbocycles. The van der Waals surface area contributed by atoms with E-state index >= 15 is 0 Å². The number of carbonyl (C=O) groups is 2. The molecule has 0 spiro atoms. The number of hydrogen-bond acceptors (Lipinski definition) is 3. The second-order valence-electron chi connectivity index (χ2n) is 10.0. The molecule has 6 heteroatoms. The largest absolute Gasteiger partial charge is 0.366 e. The van der Waals surface area contributed by atoms with Gasteiger partial charge in [-0.3, -0.25) is 4.79 Å². The molecule has 4 aromatic rings. The average molecular weight is 519 g/mol.